The predicted octanol–water partition coefficient (Wildman–Crippen LogP) is 4.12. The van der Waals surface area contributed by atoms with Crippen molar-refractivity contribution in [2.45, 2.75) is 43.5 Å². The molecule has 186 valence electrons. The first-order valence-electron chi connectivity index (χ1n) is 11.7. The monoisotopic (exact) mass is 513 g/mol. The van der Waals surface area contributed by atoms with Gasteiger partial charge in [0.25, 0.3) is 10.0 Å². The maximum absolute atomic E-state index is 13.5. The smallest absolute Gasteiger partial charge is 0.252 e. The lowest BCUT2D eigenvalue weighted by Gasteiger charge is -2.43. The maximum Gasteiger partial charge on any atom is 0.252 e. The van der Waals surface area contributed by atoms with Crippen LogP contribution < -0.4 is 4.90 Å². The third-order valence-electron chi connectivity index (χ3n) is 6.48. The Morgan fingerprint density at radius 3 is 3.03 bits per heavy atom. The van der Waals surface area contributed by atoms with E-state index in [1.807, 2.05) is 18.3 Å². The average molecular weight is 514 g/mol. The molecule has 10 heteroatoms. The van der Waals surface area contributed by atoms with Crippen LogP contribution in [-0.2, 0) is 21.4 Å². The van der Waals surface area contributed by atoms with E-state index >= 15 is 0 Å². The topological polar surface area (TPSA) is 90.9 Å². The van der Waals surface area contributed by atoms with Gasteiger partial charge in [-0.1, -0.05) is 19.3 Å². The number of nitrogens with zero attached hydrogens (tertiary/aromatic N) is 4. The second-order valence-electron chi connectivity index (χ2n) is 8.47. The molecule has 0 spiro atoms. The minimum Gasteiger partial charge on any atom is -0.478 e. The summed E-state index contributed by atoms with van der Waals surface area (Å²) in [6.07, 6.45) is 6.86. The summed E-state index contributed by atoms with van der Waals surface area (Å²) in [5.41, 5.74) is 1.89. The maximum atomic E-state index is 13.5. The van der Waals surface area contributed by atoms with Gasteiger partial charge in [-0.15, -0.1) is 17.3 Å². The van der Waals surface area contributed by atoms with Gasteiger partial charge < -0.3 is 14.6 Å². The molecule has 1 saturated heterocycles. The van der Waals surface area contributed by atoms with E-state index in [-0.39, 0.29) is 12.6 Å². The Hall–Kier alpha value is -2.87. The highest BCUT2D eigenvalue weighted by Gasteiger charge is 2.37. The fourth-order valence-corrected chi connectivity index (χ4v) is 7.46. The third kappa shape index (κ3) is 5.53. The summed E-state index contributed by atoms with van der Waals surface area (Å²) in [4.78, 5) is 14.6. The molecule has 35 heavy (non-hydrogen) atoms. The number of aromatic nitrogens is 2. The molecule has 0 unspecified atom stereocenters. The molecular weight excluding hydrogens is 482 g/mol. The highest BCUT2D eigenvalue weighted by atomic mass is 32.2. The van der Waals surface area contributed by atoms with Crippen molar-refractivity contribution in [3.8, 4) is 11.8 Å². The van der Waals surface area contributed by atoms with Gasteiger partial charge in [-0.05, 0) is 43.5 Å². The van der Waals surface area contributed by atoms with Crippen LogP contribution in [-0.4, -0.2) is 61.8 Å². The van der Waals surface area contributed by atoms with Crippen LogP contribution in [0.3, 0.4) is 0 Å². The number of aliphatic imine (C=N–C) groups is 1. The first-order valence-corrected chi connectivity index (χ1v) is 13.9. The van der Waals surface area contributed by atoms with Gasteiger partial charge in [-0.25, -0.2) is 18.4 Å². The Labute approximate surface area is 211 Å². The molecule has 0 aromatic carbocycles. The number of hydrogen-bond donors (Lipinski definition) is 1. The zero-order chi connectivity index (χ0) is 24.8. The van der Waals surface area contributed by atoms with Gasteiger partial charge in [0.2, 0.25) is 0 Å². The summed E-state index contributed by atoms with van der Waals surface area (Å²) < 4.78 is 34.5. The largest absolute Gasteiger partial charge is 0.478 e. The molecule has 0 bridgehead atoms. The molecule has 1 fully saturated rings. The minimum absolute atomic E-state index is 0.0641. The van der Waals surface area contributed by atoms with Crippen molar-refractivity contribution < 1.29 is 13.2 Å². The van der Waals surface area contributed by atoms with E-state index in [9.17, 15) is 8.42 Å². The Bertz CT molecular complexity index is 1340. The van der Waals surface area contributed by atoms with E-state index in [1.54, 1.807) is 29.6 Å². The fourth-order valence-electron chi connectivity index (χ4n) is 4.55. The van der Waals surface area contributed by atoms with Gasteiger partial charge in [0.15, 0.2) is 6.40 Å². The number of likely N-dealkylation sites (N-methyl/N-ethyl adjacent to an activating group) is 1. The van der Waals surface area contributed by atoms with E-state index in [4.69, 9.17) is 4.74 Å². The number of sulfonamides is 1. The fraction of sp³-hybridized carbons (Fsp3) is 0.440. The van der Waals surface area contributed by atoms with E-state index in [0.717, 1.165) is 34.4 Å². The minimum atomic E-state index is -3.60. The van der Waals surface area contributed by atoms with Crippen LogP contribution in [0, 0.1) is 17.8 Å². The molecule has 4 heterocycles. The molecule has 0 aliphatic carbocycles. The lowest BCUT2D eigenvalue weighted by Crippen LogP contribution is -2.53. The Kier molecular flexibility index (Phi) is 8.11. The van der Waals surface area contributed by atoms with E-state index < -0.39 is 10.0 Å². The van der Waals surface area contributed by atoms with Gasteiger partial charge in [-0.2, -0.15) is 4.31 Å². The predicted molar refractivity (Wildman–Crippen MR) is 141 cm³/mol. The van der Waals surface area contributed by atoms with Crippen LogP contribution in [0.4, 0.5) is 5.69 Å². The van der Waals surface area contributed by atoms with Gasteiger partial charge in [0, 0.05) is 54.5 Å². The van der Waals surface area contributed by atoms with E-state index in [0.29, 0.717) is 29.8 Å². The molecule has 1 N–H and O–H groups in total. The van der Waals surface area contributed by atoms with Crippen molar-refractivity contribution in [1.29, 1.82) is 0 Å². The number of aromatic amines is 1. The summed E-state index contributed by atoms with van der Waals surface area (Å²) >= 11 is 1.25. The summed E-state index contributed by atoms with van der Waals surface area (Å²) in [6, 6.07) is 7.56. The Balaban J connectivity index is 1.49. The summed E-state index contributed by atoms with van der Waals surface area (Å²) in [5.74, 6) is 5.99. The first-order chi connectivity index (χ1) is 17.0. The number of hydrogen-bond acceptors (Lipinski definition) is 7. The van der Waals surface area contributed by atoms with Crippen LogP contribution in [0.15, 0.2) is 45.9 Å². The molecule has 2 atom stereocenters. The SMILES string of the molecule is CC#CCN=COCc1ccc(S(=O)(=O)N2CC[C@@H](CC)[C@@H](N(C)c3ccnc4[nH]ccc34)C2)s1. The Morgan fingerprint density at radius 2 is 2.23 bits per heavy atom. The van der Waals surface area contributed by atoms with Gasteiger partial charge in [0.05, 0.1) is 0 Å². The van der Waals surface area contributed by atoms with Gasteiger partial charge in [-0.3, -0.25) is 0 Å². The highest BCUT2D eigenvalue weighted by molar-refractivity contribution is 7.91. The molecule has 1 aliphatic rings. The van der Waals surface area contributed by atoms with Crippen molar-refractivity contribution >= 4 is 44.5 Å². The number of nitrogens with one attached hydrogen (secondary N) is 1. The number of H-pyrrole nitrogens is 1. The summed E-state index contributed by atoms with van der Waals surface area (Å²) in [6.45, 7) is 5.57. The summed E-state index contributed by atoms with van der Waals surface area (Å²) in [5, 5.41) is 1.04. The molecule has 0 amide bonds. The first kappa shape index (κ1) is 25.2. The molecule has 3 aromatic rings. The van der Waals surface area contributed by atoms with Gasteiger partial charge >= 0.3 is 0 Å². The number of ether oxygens (including phenoxy) is 1. The molecule has 0 radical (unpaired) electrons. The van der Waals surface area contributed by atoms with E-state index in [1.165, 1.54) is 17.7 Å². The van der Waals surface area contributed by atoms with Crippen molar-refractivity contribution in [3.63, 3.8) is 0 Å². The van der Waals surface area contributed by atoms with Crippen LogP contribution >= 0.6 is 11.3 Å². The second kappa shape index (κ2) is 11.2. The number of thiophene rings is 1. The zero-order valence-corrected chi connectivity index (χ0v) is 21.9. The Morgan fingerprint density at radius 1 is 1.37 bits per heavy atom. The highest BCUT2D eigenvalue weighted by Crippen LogP contribution is 2.34. The molecule has 8 nitrogen and oxygen atoms in total. The van der Waals surface area contributed by atoms with Crippen LogP contribution in [0.2, 0.25) is 0 Å². The van der Waals surface area contributed by atoms with Crippen LogP contribution in [0.1, 0.15) is 31.6 Å². The van der Waals surface area contributed by atoms with Crippen molar-refractivity contribution in [1.82, 2.24) is 14.3 Å². The van der Waals surface area contributed by atoms with Gasteiger partial charge in [0.1, 0.15) is 23.0 Å². The zero-order valence-electron chi connectivity index (χ0n) is 20.3. The number of rotatable bonds is 9. The quantitative estimate of drug-likeness (QED) is 0.264. The third-order valence-corrected chi connectivity index (χ3v) is 9.87. The average Bonchev–Trinajstić information content (AvgIpc) is 3.55. The van der Waals surface area contributed by atoms with Crippen molar-refractivity contribution in [2.75, 3.05) is 31.6 Å². The number of fused-ring (bicyclic) bond motifs is 1. The molecule has 1 aliphatic heterocycles. The molecular formula is C25H31N5O3S2. The molecule has 4 rings (SSSR count). The summed E-state index contributed by atoms with van der Waals surface area (Å²) in [7, 11) is -1.54. The molecule has 0 saturated carbocycles. The molecule has 3 aromatic heterocycles. The van der Waals surface area contributed by atoms with Crippen LogP contribution in [0.25, 0.3) is 11.0 Å². The van der Waals surface area contributed by atoms with E-state index in [2.05, 4.69) is 45.7 Å². The van der Waals surface area contributed by atoms with Crippen LogP contribution in [0.5, 0.6) is 0 Å². The lowest BCUT2D eigenvalue weighted by molar-refractivity contribution is 0.229. The standard InChI is InChI=1S/C25H31N5O3S2/c1-4-6-12-26-18-33-17-20-7-8-24(34-20)35(31,32)30-15-11-19(5-2)23(16-30)29(3)22-10-14-28-25-21(22)9-13-27-25/h7-10,13-14,18-19,23H,5,11-12,15-17H2,1-3H3,(H,27,28)/t19-,23+/m1/s1. The normalized spacial score (nSPS) is 19.1. The van der Waals surface area contributed by atoms with Crippen molar-refractivity contribution in [2.24, 2.45) is 10.9 Å². The number of anilines is 1. The number of piperidine rings is 1. The second-order valence-corrected chi connectivity index (χ2v) is 11.8. The lowest BCUT2D eigenvalue weighted by atomic mass is 9.89. The number of pyridine rings is 1. The van der Waals surface area contributed by atoms with Crippen molar-refractivity contribution in [3.05, 3.63) is 41.5 Å².